The minimum Gasteiger partial charge on any atom is -0.452 e. The quantitative estimate of drug-likeness (QED) is 0.536. The molecule has 3 fully saturated rings. The first-order valence-corrected chi connectivity index (χ1v) is 10.3. The van der Waals surface area contributed by atoms with Crippen molar-refractivity contribution < 1.29 is 13.7 Å². The van der Waals surface area contributed by atoms with Crippen LogP contribution in [0.3, 0.4) is 0 Å². The van der Waals surface area contributed by atoms with Crippen LogP contribution < -0.4 is 0 Å². The van der Waals surface area contributed by atoms with Crippen molar-refractivity contribution >= 4 is 21.4 Å². The maximum Gasteiger partial charge on any atom is 0.437 e. The monoisotopic (exact) mass is 326 g/mol. The first kappa shape index (κ1) is 17.0. The summed E-state index contributed by atoms with van der Waals surface area (Å²) < 4.78 is 19.1. The molecule has 0 spiro atoms. The highest BCUT2D eigenvalue weighted by atomic mass is 16.7. The van der Waals surface area contributed by atoms with Crippen LogP contribution in [0, 0.1) is 0 Å². The van der Waals surface area contributed by atoms with Gasteiger partial charge in [-0.25, -0.2) is 0 Å². The van der Waals surface area contributed by atoms with Gasteiger partial charge in [-0.1, -0.05) is 64.2 Å². The fourth-order valence-corrected chi connectivity index (χ4v) is 4.80. The van der Waals surface area contributed by atoms with Crippen LogP contribution in [0.4, 0.5) is 0 Å². The van der Waals surface area contributed by atoms with Gasteiger partial charge in [0.05, 0.1) is 0 Å². The third-order valence-electron chi connectivity index (χ3n) is 6.30. The number of hydrogen-bond donors (Lipinski definition) is 0. The Balaban J connectivity index is 1.47. The van der Waals surface area contributed by atoms with Gasteiger partial charge >= 0.3 is 21.4 Å². The predicted molar refractivity (Wildman–Crippen MR) is 99.8 cm³/mol. The van der Waals surface area contributed by atoms with Gasteiger partial charge in [0.1, 0.15) is 0 Å². The molecule has 0 aromatic heterocycles. The minimum absolute atomic E-state index is 0.0599. The predicted octanol–water partition coefficient (Wildman–Crippen LogP) is 5.06. The van der Waals surface area contributed by atoms with Crippen molar-refractivity contribution in [3.8, 4) is 0 Å². The first-order valence-electron chi connectivity index (χ1n) is 10.3. The Kier molecular flexibility index (Phi) is 5.90. The van der Waals surface area contributed by atoms with E-state index in [2.05, 4.69) is 17.9 Å². The van der Waals surface area contributed by atoms with Gasteiger partial charge in [0, 0.05) is 5.82 Å². The molecular formula is C18H29B3O3. The molecule has 3 aliphatic carbocycles. The topological polar surface area (TPSA) is 27.7 Å². The Hall–Kier alpha value is -0.405. The van der Waals surface area contributed by atoms with Gasteiger partial charge in [0.25, 0.3) is 0 Å². The summed E-state index contributed by atoms with van der Waals surface area (Å²) in [4.78, 5) is 0. The summed E-state index contributed by atoms with van der Waals surface area (Å²) in [5.41, 5.74) is 3.27. The van der Waals surface area contributed by atoms with Crippen LogP contribution in [0.15, 0.2) is 17.9 Å². The maximum absolute atomic E-state index is 6.40. The van der Waals surface area contributed by atoms with Crippen LogP contribution in [0.2, 0.25) is 17.5 Å². The van der Waals surface area contributed by atoms with E-state index in [1.807, 2.05) is 0 Å². The van der Waals surface area contributed by atoms with Crippen LogP contribution in [-0.4, -0.2) is 21.4 Å². The third kappa shape index (κ3) is 4.04. The van der Waals surface area contributed by atoms with Gasteiger partial charge in [-0.3, -0.25) is 0 Å². The van der Waals surface area contributed by atoms with Crippen LogP contribution in [0.1, 0.15) is 77.0 Å². The summed E-state index contributed by atoms with van der Waals surface area (Å²) in [6.45, 7) is 0. The van der Waals surface area contributed by atoms with E-state index in [4.69, 9.17) is 13.7 Å². The Bertz CT molecular complexity index is 442. The molecular weight excluding hydrogens is 297 g/mol. The Morgan fingerprint density at radius 2 is 1.21 bits per heavy atom. The molecule has 1 saturated heterocycles. The van der Waals surface area contributed by atoms with Gasteiger partial charge < -0.3 is 13.7 Å². The van der Waals surface area contributed by atoms with Gasteiger partial charge in [-0.2, -0.15) is 0 Å². The highest BCUT2D eigenvalue weighted by molar-refractivity contribution is 6.75. The lowest BCUT2D eigenvalue weighted by atomic mass is 9.52. The van der Waals surface area contributed by atoms with Crippen molar-refractivity contribution in [1.82, 2.24) is 0 Å². The lowest BCUT2D eigenvalue weighted by Gasteiger charge is -2.40. The average Bonchev–Trinajstić information content (AvgIpc) is 2.70. The summed E-state index contributed by atoms with van der Waals surface area (Å²) in [5, 5.41) is 0. The highest BCUT2D eigenvalue weighted by Crippen LogP contribution is 2.40. The molecule has 2 saturated carbocycles. The fourth-order valence-electron chi connectivity index (χ4n) is 4.80. The SMILES string of the molecule is C1=CCCC(B2OB(C3CCCCC3)OB(C3CCCCC3)O2)C=1. The summed E-state index contributed by atoms with van der Waals surface area (Å²) in [5.74, 6) is 1.44. The molecule has 1 atom stereocenters. The normalized spacial score (nSPS) is 30.2. The second-order valence-electron chi connectivity index (χ2n) is 8.09. The molecule has 0 amide bonds. The van der Waals surface area contributed by atoms with Crippen molar-refractivity contribution in [2.24, 2.45) is 0 Å². The number of rotatable bonds is 3. The molecule has 4 rings (SSSR count). The number of hydrogen-bond acceptors (Lipinski definition) is 3. The zero-order chi connectivity index (χ0) is 16.2. The van der Waals surface area contributed by atoms with Gasteiger partial charge in [0.15, 0.2) is 0 Å². The molecule has 0 radical (unpaired) electrons. The van der Waals surface area contributed by atoms with E-state index in [9.17, 15) is 0 Å². The van der Waals surface area contributed by atoms with E-state index in [0.717, 1.165) is 12.8 Å². The maximum atomic E-state index is 6.40. The third-order valence-corrected chi connectivity index (χ3v) is 6.30. The lowest BCUT2D eigenvalue weighted by molar-refractivity contribution is 0.240. The molecule has 4 aliphatic rings. The molecule has 0 N–H and O–H groups in total. The molecule has 0 aromatic rings. The van der Waals surface area contributed by atoms with Crippen molar-refractivity contribution in [1.29, 1.82) is 0 Å². The van der Waals surface area contributed by atoms with Crippen molar-refractivity contribution in [3.63, 3.8) is 0 Å². The summed E-state index contributed by atoms with van der Waals surface area (Å²) in [6, 6.07) is 0. The van der Waals surface area contributed by atoms with Gasteiger partial charge in [-0.05, 0) is 36.6 Å². The average molecular weight is 326 g/mol. The molecule has 128 valence electrons. The van der Waals surface area contributed by atoms with Gasteiger partial charge in [-0.15, -0.1) is 5.73 Å². The molecule has 6 heteroatoms. The zero-order valence-corrected chi connectivity index (χ0v) is 14.8. The van der Waals surface area contributed by atoms with Crippen LogP contribution in [0.25, 0.3) is 0 Å². The molecule has 0 bridgehead atoms. The molecule has 3 nitrogen and oxygen atoms in total. The second kappa shape index (κ2) is 8.32. The van der Waals surface area contributed by atoms with E-state index in [1.165, 1.54) is 64.2 Å². The van der Waals surface area contributed by atoms with Crippen LogP contribution >= 0.6 is 0 Å². The Morgan fingerprint density at radius 1 is 0.667 bits per heavy atom. The lowest BCUT2D eigenvalue weighted by Crippen LogP contribution is -2.54. The van der Waals surface area contributed by atoms with Gasteiger partial charge in [0.2, 0.25) is 0 Å². The van der Waals surface area contributed by atoms with Crippen molar-refractivity contribution in [2.75, 3.05) is 0 Å². The zero-order valence-electron chi connectivity index (χ0n) is 14.8. The highest BCUT2D eigenvalue weighted by Gasteiger charge is 2.49. The van der Waals surface area contributed by atoms with E-state index in [1.54, 1.807) is 0 Å². The smallest absolute Gasteiger partial charge is 0.437 e. The summed E-state index contributed by atoms with van der Waals surface area (Å²) in [7, 11) is -0.260. The molecule has 24 heavy (non-hydrogen) atoms. The molecule has 1 unspecified atom stereocenters. The number of allylic oxidation sites excluding steroid dienone is 1. The van der Waals surface area contributed by atoms with E-state index < -0.39 is 0 Å². The Labute approximate surface area is 148 Å². The second-order valence-corrected chi connectivity index (χ2v) is 8.09. The molecule has 1 heterocycles. The summed E-state index contributed by atoms with van der Waals surface area (Å²) in [6.07, 6.45) is 19.4. The standard InChI is InChI=1S/C18H29B3O3/c1-4-10-16(11-5-1)19-22-20(17-12-6-2-7-13-17)24-21(23-19)18-14-8-3-9-15-18/h1,11,16-18H,2-4,6-10,12-15H2. The Morgan fingerprint density at radius 3 is 1.71 bits per heavy atom. The molecule has 1 aliphatic heterocycles. The van der Waals surface area contributed by atoms with E-state index >= 15 is 0 Å². The molecule has 0 aromatic carbocycles. The first-order chi connectivity index (χ1) is 11.9. The van der Waals surface area contributed by atoms with Crippen LogP contribution in [-0.2, 0) is 13.7 Å². The van der Waals surface area contributed by atoms with Crippen LogP contribution in [0.5, 0.6) is 0 Å². The minimum atomic E-state index is -0.140. The van der Waals surface area contributed by atoms with E-state index in [0.29, 0.717) is 17.5 Å². The van der Waals surface area contributed by atoms with Crippen molar-refractivity contribution in [3.05, 3.63) is 17.9 Å². The largest absolute Gasteiger partial charge is 0.452 e. The summed E-state index contributed by atoms with van der Waals surface area (Å²) >= 11 is 0. The van der Waals surface area contributed by atoms with Crippen molar-refractivity contribution in [2.45, 2.75) is 94.5 Å². The van der Waals surface area contributed by atoms with E-state index in [-0.39, 0.29) is 21.4 Å². The fraction of sp³-hybridized carbons (Fsp3) is 0.833.